The highest BCUT2D eigenvalue weighted by Gasteiger charge is 2.47. The first kappa shape index (κ1) is 75.6. The Kier molecular flexibility index (Phi) is 49.3. The third kappa shape index (κ3) is 39.0. The number of aliphatic hydroxyl groups is 7. The molecule has 15 heteroatoms. The second kappa shape index (κ2) is 52.8. The molecular formula is C66H126O15. The first-order chi connectivity index (χ1) is 39.5. The van der Waals surface area contributed by atoms with E-state index in [1.165, 1.54) is 238 Å². The number of unbranched alkanes of at least 4 members (excludes halogenated alkanes) is 43. The lowest BCUT2D eigenvalue weighted by molar-refractivity contribution is -0.332. The van der Waals surface area contributed by atoms with E-state index in [2.05, 4.69) is 13.8 Å². The van der Waals surface area contributed by atoms with Gasteiger partial charge in [-0.15, -0.1) is 0 Å². The van der Waals surface area contributed by atoms with Crippen molar-refractivity contribution in [2.45, 2.75) is 383 Å². The Balaban J connectivity index is 1.67. The molecule has 0 aromatic heterocycles. The number of rotatable bonds is 57. The van der Waals surface area contributed by atoms with E-state index in [0.717, 1.165) is 38.5 Å². The van der Waals surface area contributed by atoms with Crippen molar-refractivity contribution in [3.8, 4) is 0 Å². The molecule has 81 heavy (non-hydrogen) atoms. The number of hydrogen-bond donors (Lipinski definition) is 7. The van der Waals surface area contributed by atoms with Gasteiger partial charge < -0.3 is 64.2 Å². The maximum Gasteiger partial charge on any atom is 0.306 e. The van der Waals surface area contributed by atoms with Crippen LogP contribution >= 0.6 is 0 Å². The summed E-state index contributed by atoms with van der Waals surface area (Å²) in [6, 6.07) is 0. The summed E-state index contributed by atoms with van der Waals surface area (Å²) in [6.45, 7) is 2.69. The van der Waals surface area contributed by atoms with E-state index in [-0.39, 0.29) is 26.1 Å². The summed E-state index contributed by atoms with van der Waals surface area (Å²) in [5.74, 6) is -0.897. The fraction of sp³-hybridized carbons (Fsp3) is 0.970. The molecule has 480 valence electrons. The number of esters is 2. The Morgan fingerprint density at radius 2 is 0.630 bits per heavy atom. The third-order valence-electron chi connectivity index (χ3n) is 16.8. The highest BCUT2D eigenvalue weighted by molar-refractivity contribution is 5.70. The van der Waals surface area contributed by atoms with Gasteiger partial charge in [0.2, 0.25) is 0 Å². The molecule has 2 aliphatic heterocycles. The summed E-state index contributed by atoms with van der Waals surface area (Å²) in [6.07, 6.45) is 41.3. The highest BCUT2D eigenvalue weighted by atomic mass is 16.7. The van der Waals surface area contributed by atoms with E-state index < -0.39 is 92.7 Å². The molecule has 0 aromatic rings. The normalized spacial score (nSPS) is 23.5. The quantitative estimate of drug-likeness (QED) is 0.0222. The van der Waals surface area contributed by atoms with Crippen molar-refractivity contribution in [2.24, 2.45) is 0 Å². The first-order valence-electron chi connectivity index (χ1n) is 34.1. The molecule has 2 saturated heterocycles. The summed E-state index contributed by atoms with van der Waals surface area (Å²) < 4.78 is 33.9. The molecule has 0 spiro atoms. The predicted octanol–water partition coefficient (Wildman–Crippen LogP) is 13.5. The maximum atomic E-state index is 13.1. The Morgan fingerprint density at radius 3 is 0.963 bits per heavy atom. The molecule has 0 saturated carbocycles. The lowest BCUT2D eigenvalue weighted by atomic mass is 9.98. The largest absolute Gasteiger partial charge is 0.462 e. The number of carbonyl (C=O) groups is 2. The number of carbonyl (C=O) groups excluding carboxylic acids is 2. The van der Waals surface area contributed by atoms with Crippen LogP contribution in [0.15, 0.2) is 0 Å². The van der Waals surface area contributed by atoms with Gasteiger partial charge in [-0.25, -0.2) is 0 Å². The van der Waals surface area contributed by atoms with Crippen LogP contribution in [0.3, 0.4) is 0 Å². The summed E-state index contributed by atoms with van der Waals surface area (Å²) >= 11 is 0. The van der Waals surface area contributed by atoms with Crippen LogP contribution < -0.4 is 0 Å². The second-order valence-electron chi connectivity index (χ2n) is 24.4. The lowest BCUT2D eigenvalue weighted by Crippen LogP contribution is -2.61. The molecular weight excluding hydrogens is 1030 g/mol. The number of aliphatic hydroxyl groups excluding tert-OH is 7. The fourth-order valence-electron chi connectivity index (χ4n) is 11.3. The van der Waals surface area contributed by atoms with Crippen molar-refractivity contribution in [2.75, 3.05) is 26.4 Å². The molecule has 0 radical (unpaired) electrons. The molecule has 0 amide bonds. The van der Waals surface area contributed by atoms with Crippen LogP contribution in [0.1, 0.15) is 316 Å². The number of ether oxygens (including phenoxy) is 6. The summed E-state index contributed by atoms with van der Waals surface area (Å²) in [4.78, 5) is 26.0. The van der Waals surface area contributed by atoms with Crippen molar-refractivity contribution in [3.05, 3.63) is 0 Å². The molecule has 2 rings (SSSR count). The molecule has 15 nitrogen and oxygen atoms in total. The van der Waals surface area contributed by atoms with Crippen LogP contribution in [0.25, 0.3) is 0 Å². The summed E-state index contributed by atoms with van der Waals surface area (Å²) in [7, 11) is 0. The van der Waals surface area contributed by atoms with Crippen LogP contribution in [0.5, 0.6) is 0 Å². The smallest absolute Gasteiger partial charge is 0.306 e. The van der Waals surface area contributed by atoms with Crippen molar-refractivity contribution < 1.29 is 73.8 Å². The Hall–Kier alpha value is -1.50. The Bertz CT molecular complexity index is 1410. The van der Waals surface area contributed by atoms with Crippen LogP contribution in [-0.2, 0) is 38.0 Å². The summed E-state index contributed by atoms with van der Waals surface area (Å²) in [5.41, 5.74) is 0. The minimum Gasteiger partial charge on any atom is -0.462 e. The molecule has 2 fully saturated rings. The third-order valence-corrected chi connectivity index (χ3v) is 16.8. The first-order valence-corrected chi connectivity index (χ1v) is 34.1. The van der Waals surface area contributed by atoms with Crippen molar-refractivity contribution in [3.63, 3.8) is 0 Å². The minimum absolute atomic E-state index is 0.175. The molecule has 0 aromatic carbocycles. The van der Waals surface area contributed by atoms with Crippen LogP contribution in [0.2, 0.25) is 0 Å². The molecule has 4 unspecified atom stereocenters. The highest BCUT2D eigenvalue weighted by Crippen LogP contribution is 2.27. The average Bonchev–Trinajstić information content (AvgIpc) is 3.47. The topological polar surface area (TPSA) is 231 Å². The van der Waals surface area contributed by atoms with Gasteiger partial charge in [-0.05, 0) is 12.8 Å². The van der Waals surface area contributed by atoms with Crippen LogP contribution in [0, 0.1) is 0 Å². The molecule has 2 heterocycles. The molecule has 0 aliphatic carbocycles. The van der Waals surface area contributed by atoms with E-state index in [1.807, 2.05) is 0 Å². The monoisotopic (exact) mass is 1160 g/mol. The van der Waals surface area contributed by atoms with Crippen LogP contribution in [0.4, 0.5) is 0 Å². The molecule has 0 bridgehead atoms. The zero-order valence-corrected chi connectivity index (χ0v) is 51.8. The van der Waals surface area contributed by atoms with E-state index in [4.69, 9.17) is 28.4 Å². The van der Waals surface area contributed by atoms with Gasteiger partial charge in [0.15, 0.2) is 18.7 Å². The lowest BCUT2D eigenvalue weighted by Gasteiger charge is -2.42. The Labute approximate surface area is 493 Å². The minimum atomic E-state index is -1.76. The second-order valence-corrected chi connectivity index (χ2v) is 24.4. The fourth-order valence-corrected chi connectivity index (χ4v) is 11.3. The van der Waals surface area contributed by atoms with E-state index in [9.17, 15) is 45.3 Å². The van der Waals surface area contributed by atoms with Crippen molar-refractivity contribution in [1.82, 2.24) is 0 Å². The van der Waals surface area contributed by atoms with E-state index >= 15 is 0 Å². The van der Waals surface area contributed by atoms with Gasteiger partial charge in [-0.1, -0.05) is 290 Å². The molecule has 7 N–H and O–H groups in total. The van der Waals surface area contributed by atoms with Gasteiger partial charge >= 0.3 is 11.9 Å². The zero-order chi connectivity index (χ0) is 58.8. The Morgan fingerprint density at radius 1 is 0.346 bits per heavy atom. The van der Waals surface area contributed by atoms with Gasteiger partial charge in [-0.3, -0.25) is 9.59 Å². The van der Waals surface area contributed by atoms with Gasteiger partial charge in [0.1, 0.15) is 55.4 Å². The van der Waals surface area contributed by atoms with Crippen molar-refractivity contribution in [1.29, 1.82) is 0 Å². The van der Waals surface area contributed by atoms with E-state index in [0.29, 0.717) is 12.8 Å². The van der Waals surface area contributed by atoms with Crippen molar-refractivity contribution >= 4 is 11.9 Å². The van der Waals surface area contributed by atoms with E-state index in [1.54, 1.807) is 0 Å². The zero-order valence-electron chi connectivity index (χ0n) is 51.8. The van der Waals surface area contributed by atoms with Gasteiger partial charge in [0.05, 0.1) is 19.8 Å². The number of hydrogen-bond acceptors (Lipinski definition) is 15. The predicted molar refractivity (Wildman–Crippen MR) is 322 cm³/mol. The molecule has 11 atom stereocenters. The van der Waals surface area contributed by atoms with Gasteiger partial charge in [0, 0.05) is 12.8 Å². The summed E-state index contributed by atoms with van der Waals surface area (Å²) in [5, 5.41) is 72.5. The maximum absolute atomic E-state index is 13.1. The van der Waals surface area contributed by atoms with Crippen LogP contribution in [-0.4, -0.2) is 142 Å². The van der Waals surface area contributed by atoms with Gasteiger partial charge in [-0.2, -0.15) is 0 Å². The standard InChI is InChI=1S/C66H126O15/c1-3-5-7-9-11-13-15-17-19-21-23-25-27-29-31-33-35-37-39-41-43-45-47-49-58(69)79-54(52-77-65-64(75)62(73)60(71)56(81-65)53-78-66-63(74)61(72)59(70)55(50-67)80-66)51-76-57(68)48-46-44-42-40-38-36-34-32-30-28-26-24-22-20-18-16-14-12-10-8-6-4-2/h54-56,59-67,70-75H,3-53H2,1-2H3/t54-,55+,56+,59-,60-,61?,62?,63?,64?,65+,66+/m1/s1. The van der Waals surface area contributed by atoms with Gasteiger partial charge in [0.25, 0.3) is 0 Å². The SMILES string of the molecule is CCCCCCCCCCCCCCCCCCCCCCCCCC(=O)O[C@H](COC(=O)CCCCCCCCCCCCCCCCCCCCCCCC)CO[C@H]1O[C@@H](CO[C@H]2O[C@@H](CO)[C@@H](O)C(O)C2O)[C@@H](O)C(O)C1O. The molecule has 2 aliphatic rings. The average molecular weight is 1160 g/mol.